The molecule has 8 nitrogen and oxygen atoms in total. The monoisotopic (exact) mass is 703 g/mol. The lowest BCUT2D eigenvalue weighted by Gasteiger charge is -2.18. The van der Waals surface area contributed by atoms with Crippen LogP contribution in [0.1, 0.15) is 206 Å². The summed E-state index contributed by atoms with van der Waals surface area (Å²) in [5.74, 6) is -0.879. The van der Waals surface area contributed by atoms with Gasteiger partial charge in [-0.2, -0.15) is 0 Å². The van der Waals surface area contributed by atoms with E-state index >= 15 is 0 Å². The van der Waals surface area contributed by atoms with Crippen molar-refractivity contribution in [1.82, 2.24) is 0 Å². The Bertz CT molecular complexity index is 797. The molecule has 0 aromatic carbocycles. The Hall–Kier alpha value is -1.21. The van der Waals surface area contributed by atoms with Crippen molar-refractivity contribution in [3.63, 3.8) is 0 Å². The van der Waals surface area contributed by atoms with E-state index in [0.717, 1.165) is 38.5 Å². The molecule has 0 rings (SSSR count). The fraction of sp³-hybridized carbons (Fsp3) is 0.897. The zero-order chi connectivity index (χ0) is 35.4. The van der Waals surface area contributed by atoms with Crippen molar-refractivity contribution in [2.24, 2.45) is 0 Å². The second kappa shape index (κ2) is 35.6. The summed E-state index contributed by atoms with van der Waals surface area (Å²) in [4.78, 5) is 42.7. The highest BCUT2D eigenvalue weighted by molar-refractivity contribution is 7.46. The highest BCUT2D eigenvalue weighted by Crippen LogP contribution is 2.36. The average molecular weight is 703 g/mol. The first-order chi connectivity index (χ1) is 23.3. The van der Waals surface area contributed by atoms with Gasteiger partial charge in [0.1, 0.15) is 6.61 Å². The molecule has 2 N–H and O–H groups in total. The highest BCUT2D eigenvalue weighted by atomic mass is 31.2. The maximum Gasteiger partial charge on any atom is 0.469 e. The second-order valence-corrected chi connectivity index (χ2v) is 14.9. The topological polar surface area (TPSA) is 119 Å². The van der Waals surface area contributed by atoms with Gasteiger partial charge in [0.2, 0.25) is 0 Å². The molecule has 0 saturated carbocycles. The number of hydrogen-bond donors (Lipinski definition) is 2. The van der Waals surface area contributed by atoms with Crippen molar-refractivity contribution in [3.8, 4) is 0 Å². The third kappa shape index (κ3) is 37.6. The van der Waals surface area contributed by atoms with Crippen LogP contribution in [0, 0.1) is 0 Å². The van der Waals surface area contributed by atoms with E-state index in [9.17, 15) is 14.2 Å². The summed E-state index contributed by atoms with van der Waals surface area (Å²) in [5, 5.41) is 0. The summed E-state index contributed by atoms with van der Waals surface area (Å²) in [6.45, 7) is 3.68. The third-order valence-corrected chi connectivity index (χ3v) is 9.27. The number of allylic oxidation sites excluding steroid dienone is 2. The fourth-order valence-corrected chi connectivity index (χ4v) is 6.14. The predicted octanol–water partition coefficient (Wildman–Crippen LogP) is 11.8. The first-order valence-corrected chi connectivity index (χ1v) is 21.5. The van der Waals surface area contributed by atoms with E-state index in [-0.39, 0.29) is 19.4 Å². The SMILES string of the molecule is CCCCCCCC/C=C/CCCCCCCCCCCC(=O)OC[C@H](COP(=O)(O)O)OC(=O)CCCCCCCCCCCCC. The minimum atomic E-state index is -4.74. The molecule has 0 aliphatic heterocycles. The number of phosphoric acid groups is 1. The lowest BCUT2D eigenvalue weighted by Crippen LogP contribution is -2.29. The van der Waals surface area contributed by atoms with Crippen LogP contribution in [0.3, 0.4) is 0 Å². The van der Waals surface area contributed by atoms with Gasteiger partial charge in [0, 0.05) is 12.8 Å². The Morgan fingerprint density at radius 1 is 0.521 bits per heavy atom. The van der Waals surface area contributed by atoms with E-state index < -0.39 is 32.5 Å². The number of esters is 2. The van der Waals surface area contributed by atoms with Crippen LogP contribution in [0.4, 0.5) is 0 Å². The number of unbranched alkanes of at least 4 members (excludes halogenated alkanes) is 25. The number of carbonyl (C=O) groups excluding carboxylic acids is 2. The Morgan fingerprint density at radius 2 is 0.875 bits per heavy atom. The zero-order valence-corrected chi connectivity index (χ0v) is 32.0. The van der Waals surface area contributed by atoms with Gasteiger partial charge in [-0.3, -0.25) is 14.1 Å². The van der Waals surface area contributed by atoms with Crippen LogP contribution in [-0.2, 0) is 28.2 Å². The van der Waals surface area contributed by atoms with Gasteiger partial charge in [-0.1, -0.05) is 167 Å². The van der Waals surface area contributed by atoms with E-state index in [2.05, 4.69) is 30.5 Å². The van der Waals surface area contributed by atoms with E-state index in [1.807, 2.05) is 0 Å². The quantitative estimate of drug-likeness (QED) is 0.0284. The number of phosphoric ester groups is 1. The molecule has 9 heteroatoms. The van der Waals surface area contributed by atoms with Crippen LogP contribution in [0.25, 0.3) is 0 Å². The Labute approximate surface area is 295 Å². The maximum atomic E-state index is 12.3. The van der Waals surface area contributed by atoms with Crippen molar-refractivity contribution in [2.75, 3.05) is 13.2 Å². The molecule has 0 unspecified atom stereocenters. The maximum absolute atomic E-state index is 12.3. The Morgan fingerprint density at radius 3 is 1.27 bits per heavy atom. The van der Waals surface area contributed by atoms with Gasteiger partial charge < -0.3 is 19.3 Å². The van der Waals surface area contributed by atoms with E-state index in [1.54, 1.807) is 0 Å². The Balaban J connectivity index is 3.87. The van der Waals surface area contributed by atoms with E-state index in [0.29, 0.717) is 6.42 Å². The van der Waals surface area contributed by atoms with Gasteiger partial charge in [-0.25, -0.2) is 4.57 Å². The van der Waals surface area contributed by atoms with Gasteiger partial charge >= 0.3 is 19.8 Å². The molecule has 0 bridgehead atoms. The van der Waals surface area contributed by atoms with Crippen molar-refractivity contribution >= 4 is 19.8 Å². The third-order valence-electron chi connectivity index (χ3n) is 8.78. The molecule has 0 radical (unpaired) electrons. The van der Waals surface area contributed by atoms with Crippen molar-refractivity contribution in [1.29, 1.82) is 0 Å². The zero-order valence-electron chi connectivity index (χ0n) is 31.2. The Kier molecular flexibility index (Phi) is 34.7. The van der Waals surface area contributed by atoms with E-state index in [4.69, 9.17) is 19.3 Å². The number of ether oxygens (including phenoxy) is 2. The smallest absolute Gasteiger partial charge is 0.462 e. The molecule has 0 saturated heterocycles. The highest BCUT2D eigenvalue weighted by Gasteiger charge is 2.22. The average Bonchev–Trinajstić information content (AvgIpc) is 3.05. The van der Waals surface area contributed by atoms with Gasteiger partial charge in [0.15, 0.2) is 6.10 Å². The molecule has 284 valence electrons. The molecule has 0 amide bonds. The molecule has 0 heterocycles. The summed E-state index contributed by atoms with van der Waals surface area (Å²) in [6, 6.07) is 0. The molecule has 48 heavy (non-hydrogen) atoms. The minimum absolute atomic E-state index is 0.216. The minimum Gasteiger partial charge on any atom is -0.462 e. The second-order valence-electron chi connectivity index (χ2n) is 13.6. The van der Waals surface area contributed by atoms with Crippen LogP contribution in [0.5, 0.6) is 0 Å². The standard InChI is InChI=1S/C39H75O8P/c1-3-5-7-9-11-13-15-16-17-18-19-20-21-22-24-25-27-29-31-33-38(40)45-35-37(36-46-48(42,43)44)47-39(41)34-32-30-28-26-23-14-12-10-8-6-4-2/h16-17,37H,3-15,18-36H2,1-2H3,(H2,42,43,44)/b17-16+/t37-/m1/s1. The first-order valence-electron chi connectivity index (χ1n) is 20.0. The number of rotatable bonds is 37. The molecule has 0 spiro atoms. The molecule has 0 aliphatic carbocycles. The molecule has 0 aliphatic rings. The van der Waals surface area contributed by atoms with Crippen molar-refractivity contribution in [3.05, 3.63) is 12.2 Å². The summed E-state index contributed by atoms with van der Waals surface area (Å²) < 4.78 is 26.3. The van der Waals surface area contributed by atoms with E-state index in [1.165, 1.54) is 135 Å². The summed E-state index contributed by atoms with van der Waals surface area (Å²) in [6.07, 6.45) is 37.9. The fourth-order valence-electron chi connectivity index (χ4n) is 5.78. The molecule has 0 aromatic heterocycles. The van der Waals surface area contributed by atoms with Crippen LogP contribution < -0.4 is 0 Å². The summed E-state index contributed by atoms with van der Waals surface area (Å²) >= 11 is 0. The van der Waals surface area contributed by atoms with Gasteiger partial charge in [0.25, 0.3) is 0 Å². The molecule has 0 aromatic rings. The number of hydrogen-bond acceptors (Lipinski definition) is 6. The lowest BCUT2D eigenvalue weighted by atomic mass is 10.1. The van der Waals surface area contributed by atoms with Crippen molar-refractivity contribution < 1.29 is 37.9 Å². The van der Waals surface area contributed by atoms with Crippen LogP contribution in [0.15, 0.2) is 12.2 Å². The molecular formula is C39H75O8P. The van der Waals surface area contributed by atoms with Crippen LogP contribution in [0.2, 0.25) is 0 Å². The van der Waals surface area contributed by atoms with Gasteiger partial charge in [-0.15, -0.1) is 0 Å². The molecule has 1 atom stereocenters. The summed E-state index contributed by atoms with van der Waals surface area (Å²) in [5.41, 5.74) is 0. The lowest BCUT2D eigenvalue weighted by molar-refractivity contribution is -0.161. The molecule has 0 fully saturated rings. The van der Waals surface area contributed by atoms with Crippen LogP contribution >= 0.6 is 7.82 Å². The van der Waals surface area contributed by atoms with Crippen LogP contribution in [-0.4, -0.2) is 41.0 Å². The summed E-state index contributed by atoms with van der Waals surface area (Å²) in [7, 11) is -4.74. The normalized spacial score (nSPS) is 12.5. The first kappa shape index (κ1) is 46.8. The molecular weight excluding hydrogens is 627 g/mol. The van der Waals surface area contributed by atoms with Crippen molar-refractivity contribution in [2.45, 2.75) is 213 Å². The largest absolute Gasteiger partial charge is 0.469 e. The van der Waals surface area contributed by atoms with Gasteiger partial charge in [-0.05, 0) is 38.5 Å². The van der Waals surface area contributed by atoms with Gasteiger partial charge in [0.05, 0.1) is 6.61 Å². The number of carbonyl (C=O) groups is 2. The predicted molar refractivity (Wildman–Crippen MR) is 198 cm³/mol.